The minimum absolute atomic E-state index is 0.0282. The van der Waals surface area contributed by atoms with Gasteiger partial charge in [0.05, 0.1) is 10.6 Å². The van der Waals surface area contributed by atoms with Crippen molar-refractivity contribution in [2.24, 2.45) is 0 Å². The Morgan fingerprint density at radius 1 is 1.17 bits per heavy atom. The summed E-state index contributed by atoms with van der Waals surface area (Å²) in [4.78, 5) is 13.7. The van der Waals surface area contributed by atoms with E-state index < -0.39 is 21.7 Å². The molecule has 0 radical (unpaired) electrons. The van der Waals surface area contributed by atoms with Gasteiger partial charge in [-0.05, 0) is 59.8 Å². The third-order valence-corrected chi connectivity index (χ3v) is 7.79. The van der Waals surface area contributed by atoms with Gasteiger partial charge in [-0.3, -0.25) is 4.79 Å². The van der Waals surface area contributed by atoms with Gasteiger partial charge < -0.3 is 5.32 Å². The number of rotatable bonds is 4. The fourth-order valence-corrected chi connectivity index (χ4v) is 5.67. The van der Waals surface area contributed by atoms with Crippen molar-refractivity contribution in [2.45, 2.75) is 17.9 Å². The van der Waals surface area contributed by atoms with Crippen LogP contribution in [0.3, 0.4) is 0 Å². The van der Waals surface area contributed by atoms with E-state index in [2.05, 4.69) is 5.32 Å². The molecule has 1 amide bonds. The molecule has 4 rings (SSSR count). The quantitative estimate of drug-likeness (QED) is 0.634. The second kappa shape index (κ2) is 7.87. The third-order valence-electron chi connectivity index (χ3n) is 4.69. The first-order valence-electron chi connectivity index (χ1n) is 8.76. The van der Waals surface area contributed by atoms with Crippen molar-refractivity contribution in [2.75, 3.05) is 11.9 Å². The van der Waals surface area contributed by atoms with Gasteiger partial charge in [0.2, 0.25) is 10.0 Å². The summed E-state index contributed by atoms with van der Waals surface area (Å²) >= 11 is 7.35. The Morgan fingerprint density at radius 2 is 2.00 bits per heavy atom. The number of amides is 1. The molecule has 0 fully saturated rings. The maximum absolute atomic E-state index is 13.9. The molecule has 0 aliphatic carbocycles. The number of thiophene rings is 1. The van der Waals surface area contributed by atoms with E-state index >= 15 is 0 Å². The van der Waals surface area contributed by atoms with Gasteiger partial charge in [0.15, 0.2) is 0 Å². The molecule has 5 nitrogen and oxygen atoms in total. The Morgan fingerprint density at radius 3 is 2.79 bits per heavy atom. The lowest BCUT2D eigenvalue weighted by atomic mass is 10.1. The number of nitrogens with one attached hydrogen (secondary N) is 1. The highest BCUT2D eigenvalue weighted by Crippen LogP contribution is 2.28. The first-order chi connectivity index (χ1) is 13.8. The monoisotopic (exact) mass is 450 g/mol. The van der Waals surface area contributed by atoms with Crippen molar-refractivity contribution in [1.29, 1.82) is 0 Å². The van der Waals surface area contributed by atoms with Crippen LogP contribution in [0.25, 0.3) is 0 Å². The molecule has 1 aliphatic heterocycles. The molecule has 29 heavy (non-hydrogen) atoms. The summed E-state index contributed by atoms with van der Waals surface area (Å²) in [5.74, 6) is -1.28. The summed E-state index contributed by atoms with van der Waals surface area (Å²) in [7, 11) is -3.76. The minimum atomic E-state index is -3.76. The van der Waals surface area contributed by atoms with Gasteiger partial charge in [-0.1, -0.05) is 17.7 Å². The number of carbonyl (C=O) groups is 1. The Kier molecular flexibility index (Phi) is 5.44. The summed E-state index contributed by atoms with van der Waals surface area (Å²) in [5.41, 5.74) is 1.10. The molecule has 1 N–H and O–H groups in total. The molecule has 2 heterocycles. The van der Waals surface area contributed by atoms with Crippen LogP contribution in [-0.2, 0) is 23.0 Å². The maximum Gasteiger partial charge on any atom is 0.255 e. The number of halogens is 2. The lowest BCUT2D eigenvalue weighted by Crippen LogP contribution is -2.35. The molecule has 0 saturated carbocycles. The van der Waals surface area contributed by atoms with Crippen molar-refractivity contribution in [3.05, 3.63) is 80.8 Å². The number of nitrogens with zero attached hydrogens (tertiary/aromatic N) is 1. The average molecular weight is 451 g/mol. The van der Waals surface area contributed by atoms with Gasteiger partial charge >= 0.3 is 0 Å². The van der Waals surface area contributed by atoms with Crippen LogP contribution in [-0.4, -0.2) is 25.2 Å². The van der Waals surface area contributed by atoms with E-state index in [4.69, 9.17) is 11.6 Å². The third kappa shape index (κ3) is 4.06. The zero-order valence-electron chi connectivity index (χ0n) is 15.1. The largest absolute Gasteiger partial charge is 0.319 e. The smallest absolute Gasteiger partial charge is 0.255 e. The second-order valence-electron chi connectivity index (χ2n) is 6.56. The average Bonchev–Trinajstić information content (AvgIpc) is 3.18. The van der Waals surface area contributed by atoms with Crippen molar-refractivity contribution in [3.8, 4) is 0 Å². The molecule has 3 aromatic rings. The summed E-state index contributed by atoms with van der Waals surface area (Å²) < 4.78 is 41.5. The van der Waals surface area contributed by atoms with E-state index in [9.17, 15) is 17.6 Å². The number of carbonyl (C=O) groups excluding carboxylic acids is 1. The van der Waals surface area contributed by atoms with E-state index in [0.29, 0.717) is 19.5 Å². The zero-order valence-corrected chi connectivity index (χ0v) is 17.5. The van der Waals surface area contributed by atoms with Crippen molar-refractivity contribution in [3.63, 3.8) is 0 Å². The molecule has 0 unspecified atom stereocenters. The number of benzene rings is 2. The summed E-state index contributed by atoms with van der Waals surface area (Å²) in [6.07, 6.45) is 0.669. The van der Waals surface area contributed by atoms with E-state index in [0.717, 1.165) is 11.6 Å². The number of sulfonamides is 1. The molecular weight excluding hydrogens is 435 g/mol. The van der Waals surface area contributed by atoms with Crippen LogP contribution in [0.4, 0.5) is 10.1 Å². The molecule has 0 saturated heterocycles. The van der Waals surface area contributed by atoms with Crippen LogP contribution < -0.4 is 5.32 Å². The topological polar surface area (TPSA) is 66.5 Å². The molecule has 0 atom stereocenters. The molecule has 9 heteroatoms. The highest BCUT2D eigenvalue weighted by atomic mass is 35.5. The molecule has 0 bridgehead atoms. The number of hydrogen-bond acceptors (Lipinski definition) is 4. The lowest BCUT2D eigenvalue weighted by molar-refractivity contribution is 0.102. The first-order valence-corrected chi connectivity index (χ1v) is 11.5. The summed E-state index contributed by atoms with van der Waals surface area (Å²) in [6.45, 7) is 0.704. The van der Waals surface area contributed by atoms with E-state index in [1.165, 1.54) is 45.6 Å². The lowest BCUT2D eigenvalue weighted by Gasteiger charge is -2.26. The SMILES string of the molecule is O=C(Nc1ccc(Cl)cc1F)c1cccc(S(=O)(=O)N2CCc3sccc3C2)c1. The van der Waals surface area contributed by atoms with Crippen LogP contribution in [0, 0.1) is 5.82 Å². The summed E-state index contributed by atoms with van der Waals surface area (Å²) in [5, 5.41) is 4.61. The Hall–Kier alpha value is -2.26. The highest BCUT2D eigenvalue weighted by molar-refractivity contribution is 7.89. The fourth-order valence-electron chi connectivity index (χ4n) is 3.16. The fraction of sp³-hybridized carbons (Fsp3) is 0.150. The second-order valence-corrected chi connectivity index (χ2v) is 9.94. The highest BCUT2D eigenvalue weighted by Gasteiger charge is 2.29. The molecular formula is C20H16ClFN2O3S2. The van der Waals surface area contributed by atoms with Crippen LogP contribution >= 0.6 is 22.9 Å². The van der Waals surface area contributed by atoms with E-state index in [1.54, 1.807) is 11.3 Å². The molecule has 0 spiro atoms. The number of anilines is 1. The molecule has 1 aromatic heterocycles. The van der Waals surface area contributed by atoms with Gasteiger partial charge in [0.25, 0.3) is 5.91 Å². The van der Waals surface area contributed by atoms with Gasteiger partial charge in [0, 0.05) is 28.6 Å². The molecule has 150 valence electrons. The predicted molar refractivity (Wildman–Crippen MR) is 111 cm³/mol. The van der Waals surface area contributed by atoms with Gasteiger partial charge in [-0.15, -0.1) is 11.3 Å². The minimum Gasteiger partial charge on any atom is -0.319 e. The van der Waals surface area contributed by atoms with Crippen LogP contribution in [0.2, 0.25) is 5.02 Å². The van der Waals surface area contributed by atoms with Crippen LogP contribution in [0.5, 0.6) is 0 Å². The van der Waals surface area contributed by atoms with Gasteiger partial charge in [0.1, 0.15) is 5.82 Å². The predicted octanol–water partition coefficient (Wildman–Crippen LogP) is 4.54. The number of hydrogen-bond donors (Lipinski definition) is 1. The van der Waals surface area contributed by atoms with E-state index in [-0.39, 0.29) is 21.2 Å². The standard InChI is InChI=1S/C20H16ClFN2O3S2/c21-15-4-5-18(17(22)11-15)23-20(25)13-2-1-3-16(10-13)29(26,27)24-8-6-19-14(12-24)7-9-28-19/h1-5,7,9-11H,6,8,12H2,(H,23,25). The van der Waals surface area contributed by atoms with Gasteiger partial charge in [-0.25, -0.2) is 12.8 Å². The van der Waals surface area contributed by atoms with Crippen LogP contribution in [0.15, 0.2) is 58.8 Å². The van der Waals surface area contributed by atoms with E-state index in [1.807, 2.05) is 11.4 Å². The van der Waals surface area contributed by atoms with Crippen molar-refractivity contribution >= 4 is 44.6 Å². The Bertz CT molecular complexity index is 1190. The van der Waals surface area contributed by atoms with Crippen LogP contribution in [0.1, 0.15) is 20.8 Å². The molecule has 2 aromatic carbocycles. The van der Waals surface area contributed by atoms with Gasteiger partial charge in [-0.2, -0.15) is 4.31 Å². The molecule has 1 aliphatic rings. The normalized spacial score (nSPS) is 14.4. The number of fused-ring (bicyclic) bond motifs is 1. The first kappa shape index (κ1) is 20.0. The Labute approximate surface area is 176 Å². The van der Waals surface area contributed by atoms with Crippen molar-refractivity contribution < 1.29 is 17.6 Å². The van der Waals surface area contributed by atoms with Crippen molar-refractivity contribution in [1.82, 2.24) is 4.31 Å². The maximum atomic E-state index is 13.9. The zero-order chi connectivity index (χ0) is 20.6. The summed E-state index contributed by atoms with van der Waals surface area (Å²) in [6, 6.07) is 11.6. The Balaban J connectivity index is 1.57.